The smallest absolute Gasteiger partial charge is 0.170 e. The van der Waals surface area contributed by atoms with Crippen molar-refractivity contribution in [3.8, 4) is 0 Å². The Hall–Kier alpha value is -1.16. The molecule has 1 heterocycles. The summed E-state index contributed by atoms with van der Waals surface area (Å²) in [4.78, 5) is 6.40. The van der Waals surface area contributed by atoms with E-state index >= 15 is 0 Å². The van der Waals surface area contributed by atoms with Gasteiger partial charge in [0.2, 0.25) is 0 Å². The van der Waals surface area contributed by atoms with Gasteiger partial charge in [0.1, 0.15) is 0 Å². The number of nitrogens with one attached hydrogen (secondary N) is 1. The van der Waals surface area contributed by atoms with Crippen molar-refractivity contribution in [1.29, 1.82) is 0 Å². The highest BCUT2D eigenvalue weighted by Gasteiger charge is 2.28. The van der Waals surface area contributed by atoms with E-state index in [2.05, 4.69) is 36.0 Å². The van der Waals surface area contributed by atoms with Gasteiger partial charge in [-0.3, -0.25) is 0 Å². The second-order valence-electron chi connectivity index (χ2n) is 5.97. The lowest BCUT2D eigenvalue weighted by Gasteiger charge is -2.28. The fraction of sp³-hybridized carbons (Fsp3) is 0.688. The molecule has 1 aromatic heterocycles. The molecule has 0 aromatic carbocycles. The quantitative estimate of drug-likeness (QED) is 0.740. The Morgan fingerprint density at radius 2 is 2.20 bits per heavy atom. The van der Waals surface area contributed by atoms with Crippen LogP contribution in [-0.4, -0.2) is 24.1 Å². The van der Waals surface area contributed by atoms with Crippen molar-refractivity contribution in [1.82, 2.24) is 10.3 Å². The van der Waals surface area contributed by atoms with Crippen LogP contribution in [0.5, 0.6) is 0 Å². The minimum absolute atomic E-state index is 0.162. The summed E-state index contributed by atoms with van der Waals surface area (Å²) < 4.78 is 14.6. The molecular formula is C16H26FN3. The Morgan fingerprint density at radius 1 is 1.45 bits per heavy atom. The third kappa shape index (κ3) is 3.92. The van der Waals surface area contributed by atoms with Gasteiger partial charge >= 0.3 is 0 Å². The highest BCUT2D eigenvalue weighted by molar-refractivity contribution is 5.44. The van der Waals surface area contributed by atoms with E-state index in [0.29, 0.717) is 17.9 Å². The predicted octanol–water partition coefficient (Wildman–Crippen LogP) is 3.35. The van der Waals surface area contributed by atoms with Gasteiger partial charge in [-0.1, -0.05) is 6.92 Å². The molecule has 1 aliphatic rings. The van der Waals surface area contributed by atoms with Crippen molar-refractivity contribution in [2.24, 2.45) is 5.92 Å². The summed E-state index contributed by atoms with van der Waals surface area (Å²) in [7, 11) is 0. The molecule has 0 atom stereocenters. The van der Waals surface area contributed by atoms with Gasteiger partial charge in [-0.2, -0.15) is 0 Å². The summed E-state index contributed by atoms with van der Waals surface area (Å²) >= 11 is 0. The van der Waals surface area contributed by atoms with Crippen LogP contribution in [0, 0.1) is 11.7 Å². The molecule has 3 nitrogen and oxygen atoms in total. The Labute approximate surface area is 121 Å². The minimum Gasteiger partial charge on any atom is -0.351 e. The molecule has 112 valence electrons. The zero-order chi connectivity index (χ0) is 14.5. The van der Waals surface area contributed by atoms with E-state index in [-0.39, 0.29) is 11.9 Å². The van der Waals surface area contributed by atoms with E-state index in [4.69, 9.17) is 0 Å². The first kappa shape index (κ1) is 15.2. The van der Waals surface area contributed by atoms with Gasteiger partial charge in [-0.15, -0.1) is 0 Å². The van der Waals surface area contributed by atoms with Gasteiger partial charge in [-0.25, -0.2) is 9.37 Å². The summed E-state index contributed by atoms with van der Waals surface area (Å²) in [5, 5.41) is 3.25. The Bertz CT molecular complexity index is 430. The fourth-order valence-corrected chi connectivity index (χ4v) is 2.33. The average Bonchev–Trinajstić information content (AvgIpc) is 3.22. The van der Waals surface area contributed by atoms with Crippen molar-refractivity contribution in [3.63, 3.8) is 0 Å². The second-order valence-corrected chi connectivity index (χ2v) is 5.97. The normalized spacial score (nSPS) is 14.8. The van der Waals surface area contributed by atoms with Gasteiger partial charge < -0.3 is 10.2 Å². The number of anilines is 1. The van der Waals surface area contributed by atoms with Gasteiger partial charge in [0.15, 0.2) is 11.6 Å². The highest BCUT2D eigenvalue weighted by atomic mass is 19.1. The molecule has 20 heavy (non-hydrogen) atoms. The molecule has 1 aliphatic carbocycles. The predicted molar refractivity (Wildman–Crippen MR) is 81.4 cm³/mol. The van der Waals surface area contributed by atoms with Crippen LogP contribution in [0.1, 0.15) is 45.6 Å². The number of rotatable bonds is 8. The Morgan fingerprint density at radius 3 is 2.80 bits per heavy atom. The number of halogens is 1. The van der Waals surface area contributed by atoms with Crippen molar-refractivity contribution in [3.05, 3.63) is 23.6 Å². The second kappa shape index (κ2) is 7.02. The third-order valence-electron chi connectivity index (χ3n) is 3.74. The average molecular weight is 279 g/mol. The molecule has 2 rings (SSSR count). The largest absolute Gasteiger partial charge is 0.351 e. The lowest BCUT2D eigenvalue weighted by atomic mass is 10.2. The van der Waals surface area contributed by atoms with E-state index in [1.54, 1.807) is 12.3 Å². The SMILES string of the molecule is CCCNCc1ccnc(N(CC2CC2)C(C)C)c1F. The maximum absolute atomic E-state index is 14.6. The van der Waals surface area contributed by atoms with Gasteiger partial charge in [0.05, 0.1) is 0 Å². The van der Waals surface area contributed by atoms with Crippen molar-refractivity contribution >= 4 is 5.82 Å². The van der Waals surface area contributed by atoms with E-state index in [1.165, 1.54) is 12.8 Å². The van der Waals surface area contributed by atoms with Crippen LogP contribution < -0.4 is 10.2 Å². The molecular weight excluding hydrogens is 253 g/mol. The van der Waals surface area contributed by atoms with E-state index in [0.717, 1.165) is 25.4 Å². The van der Waals surface area contributed by atoms with E-state index in [9.17, 15) is 4.39 Å². The summed E-state index contributed by atoms with van der Waals surface area (Å²) in [5.41, 5.74) is 0.713. The maximum Gasteiger partial charge on any atom is 0.170 e. The summed E-state index contributed by atoms with van der Waals surface area (Å²) in [6.07, 6.45) is 5.31. The van der Waals surface area contributed by atoms with Crippen LogP contribution in [0.15, 0.2) is 12.3 Å². The zero-order valence-corrected chi connectivity index (χ0v) is 12.8. The van der Waals surface area contributed by atoms with Gasteiger partial charge in [0, 0.05) is 30.9 Å². The summed E-state index contributed by atoms with van der Waals surface area (Å²) in [6.45, 7) is 8.72. The lowest BCUT2D eigenvalue weighted by molar-refractivity contribution is 0.556. The first-order valence-corrected chi connectivity index (χ1v) is 7.74. The van der Waals surface area contributed by atoms with Crippen molar-refractivity contribution < 1.29 is 4.39 Å². The molecule has 0 radical (unpaired) electrons. The van der Waals surface area contributed by atoms with Crippen molar-refractivity contribution in [2.45, 2.75) is 52.6 Å². The molecule has 0 aliphatic heterocycles. The molecule has 1 N–H and O–H groups in total. The molecule has 1 fully saturated rings. The number of hydrogen-bond donors (Lipinski definition) is 1. The molecule has 0 bridgehead atoms. The van der Waals surface area contributed by atoms with Gasteiger partial charge in [-0.05, 0) is 51.6 Å². The molecule has 0 unspecified atom stereocenters. The van der Waals surface area contributed by atoms with Crippen LogP contribution in [0.2, 0.25) is 0 Å². The molecule has 0 amide bonds. The zero-order valence-electron chi connectivity index (χ0n) is 12.8. The monoisotopic (exact) mass is 279 g/mol. The minimum atomic E-state index is -0.162. The first-order chi connectivity index (χ1) is 9.63. The Kier molecular flexibility index (Phi) is 5.35. The third-order valence-corrected chi connectivity index (χ3v) is 3.74. The van der Waals surface area contributed by atoms with Crippen LogP contribution in [0.3, 0.4) is 0 Å². The number of hydrogen-bond acceptors (Lipinski definition) is 3. The van der Waals surface area contributed by atoms with Gasteiger partial charge in [0.25, 0.3) is 0 Å². The van der Waals surface area contributed by atoms with Crippen molar-refractivity contribution in [2.75, 3.05) is 18.0 Å². The summed E-state index contributed by atoms with van der Waals surface area (Å²) in [6, 6.07) is 2.05. The van der Waals surface area contributed by atoms with Crippen LogP contribution in [-0.2, 0) is 6.54 Å². The highest BCUT2D eigenvalue weighted by Crippen LogP contribution is 2.32. The Balaban J connectivity index is 2.13. The topological polar surface area (TPSA) is 28.2 Å². The lowest BCUT2D eigenvalue weighted by Crippen LogP contribution is -2.34. The maximum atomic E-state index is 14.6. The van der Waals surface area contributed by atoms with Crippen LogP contribution >= 0.6 is 0 Å². The fourth-order valence-electron chi connectivity index (χ4n) is 2.33. The summed E-state index contributed by atoms with van der Waals surface area (Å²) in [5.74, 6) is 1.08. The molecule has 1 saturated carbocycles. The molecule has 4 heteroatoms. The van der Waals surface area contributed by atoms with Crippen LogP contribution in [0.25, 0.3) is 0 Å². The molecule has 0 spiro atoms. The van der Waals surface area contributed by atoms with Crippen LogP contribution in [0.4, 0.5) is 10.2 Å². The van der Waals surface area contributed by atoms with E-state index in [1.807, 2.05) is 0 Å². The number of pyridine rings is 1. The standard InChI is InChI=1S/C16H26FN3/c1-4-8-18-10-14-7-9-19-16(15(14)17)20(12(2)3)11-13-5-6-13/h7,9,12-13,18H,4-6,8,10-11H2,1-3H3. The molecule has 1 aromatic rings. The number of nitrogens with zero attached hydrogens (tertiary/aromatic N) is 2. The molecule has 0 saturated heterocycles. The number of aromatic nitrogens is 1. The first-order valence-electron chi connectivity index (χ1n) is 7.74. The van der Waals surface area contributed by atoms with E-state index < -0.39 is 0 Å².